The van der Waals surface area contributed by atoms with E-state index >= 15 is 0 Å². The number of hydrogen-bond donors (Lipinski definition) is 9. The average Bonchev–Trinajstić information content (AvgIpc) is 2.46. The lowest BCUT2D eigenvalue weighted by atomic mass is 9.97. The molecule has 86 heavy (non-hydrogen) atoms. The van der Waals surface area contributed by atoms with Crippen molar-refractivity contribution in [1.29, 1.82) is 0 Å². The van der Waals surface area contributed by atoms with Gasteiger partial charge in [-0.05, 0) is 12.8 Å². The van der Waals surface area contributed by atoms with Crippen molar-refractivity contribution in [3.05, 3.63) is 0 Å². The zero-order valence-corrected chi connectivity index (χ0v) is 55.9. The Morgan fingerprint density at radius 1 is 0.372 bits per heavy atom. The van der Waals surface area contributed by atoms with Crippen molar-refractivity contribution < 1.29 is 64.6 Å². The van der Waals surface area contributed by atoms with E-state index in [4.69, 9.17) is 18.9 Å². The number of ether oxygens (including phenoxy) is 4. The van der Waals surface area contributed by atoms with E-state index in [1.54, 1.807) is 0 Å². The van der Waals surface area contributed by atoms with Crippen LogP contribution >= 0.6 is 0 Å². The summed E-state index contributed by atoms with van der Waals surface area (Å²) in [5.74, 6) is -0.197. The minimum absolute atomic E-state index is 0.197. The lowest BCUT2D eigenvalue weighted by Crippen LogP contribution is -2.65. The molecule has 12 unspecified atom stereocenters. The predicted molar refractivity (Wildman–Crippen MR) is 351 cm³/mol. The molecule has 0 aliphatic carbocycles. The van der Waals surface area contributed by atoms with E-state index in [-0.39, 0.29) is 12.5 Å². The van der Waals surface area contributed by atoms with Gasteiger partial charge in [0.2, 0.25) is 5.91 Å². The highest BCUT2D eigenvalue weighted by atomic mass is 16.7. The Hall–Kier alpha value is -1.01. The third-order valence-electron chi connectivity index (χ3n) is 18.8. The van der Waals surface area contributed by atoms with E-state index in [9.17, 15) is 45.6 Å². The first-order chi connectivity index (χ1) is 42.1. The molecule has 14 nitrogen and oxygen atoms in total. The smallest absolute Gasteiger partial charge is 0.220 e. The van der Waals surface area contributed by atoms with Crippen molar-refractivity contribution in [3.8, 4) is 0 Å². The first kappa shape index (κ1) is 81.1. The zero-order valence-electron chi connectivity index (χ0n) is 55.9. The Bertz CT molecular complexity index is 1450. The van der Waals surface area contributed by atoms with E-state index < -0.39 is 86.8 Å². The van der Waals surface area contributed by atoms with Gasteiger partial charge in [-0.15, -0.1) is 0 Å². The van der Waals surface area contributed by atoms with Gasteiger partial charge in [-0.3, -0.25) is 4.79 Å². The van der Waals surface area contributed by atoms with Crippen LogP contribution in [0.5, 0.6) is 0 Å². The first-order valence-corrected chi connectivity index (χ1v) is 37.3. The summed E-state index contributed by atoms with van der Waals surface area (Å²) in [7, 11) is 0. The molecule has 2 rings (SSSR count). The zero-order chi connectivity index (χ0) is 62.3. The molecule has 2 saturated heterocycles. The van der Waals surface area contributed by atoms with E-state index in [1.165, 1.54) is 283 Å². The molecule has 12 atom stereocenters. The predicted octanol–water partition coefficient (Wildman–Crippen LogP) is 15.6. The summed E-state index contributed by atoms with van der Waals surface area (Å²) in [4.78, 5) is 13.4. The molecule has 2 fully saturated rings. The summed E-state index contributed by atoms with van der Waals surface area (Å²) in [6, 6.07) is -0.824. The van der Waals surface area contributed by atoms with Crippen LogP contribution in [-0.4, -0.2) is 140 Å². The second kappa shape index (κ2) is 57.9. The summed E-state index contributed by atoms with van der Waals surface area (Å²) in [5, 5.41) is 87.6. The van der Waals surface area contributed by atoms with E-state index in [1.807, 2.05) is 0 Å². The molecular weight excluding hydrogens is 1090 g/mol. The molecule has 2 aliphatic rings. The number of hydrogen-bond acceptors (Lipinski definition) is 13. The minimum atomic E-state index is -1.78. The van der Waals surface area contributed by atoms with E-state index in [0.717, 1.165) is 51.4 Å². The number of amides is 1. The Morgan fingerprint density at radius 3 is 0.988 bits per heavy atom. The van der Waals surface area contributed by atoms with Gasteiger partial charge in [0.1, 0.15) is 48.8 Å². The fourth-order valence-corrected chi connectivity index (χ4v) is 12.9. The molecule has 512 valence electrons. The van der Waals surface area contributed by atoms with Crippen molar-refractivity contribution >= 4 is 5.91 Å². The van der Waals surface area contributed by atoms with Crippen molar-refractivity contribution in [2.75, 3.05) is 19.8 Å². The van der Waals surface area contributed by atoms with Gasteiger partial charge < -0.3 is 65.1 Å². The largest absolute Gasteiger partial charge is 0.394 e. The highest BCUT2D eigenvalue weighted by molar-refractivity contribution is 5.76. The van der Waals surface area contributed by atoms with Gasteiger partial charge in [0.05, 0.1) is 32.0 Å². The minimum Gasteiger partial charge on any atom is -0.394 e. The molecule has 0 saturated carbocycles. The molecule has 9 N–H and O–H groups in total. The van der Waals surface area contributed by atoms with E-state index in [0.29, 0.717) is 12.8 Å². The molecule has 0 radical (unpaired) electrons. The van der Waals surface area contributed by atoms with Crippen molar-refractivity contribution in [2.24, 2.45) is 0 Å². The Morgan fingerprint density at radius 2 is 0.663 bits per heavy atom. The lowest BCUT2D eigenvalue weighted by Gasteiger charge is -2.46. The summed E-state index contributed by atoms with van der Waals surface area (Å²) < 4.78 is 22.9. The van der Waals surface area contributed by atoms with Crippen molar-refractivity contribution in [3.63, 3.8) is 0 Å². The highest BCUT2D eigenvalue weighted by Crippen LogP contribution is 2.30. The van der Waals surface area contributed by atoms with Gasteiger partial charge in [-0.2, -0.15) is 0 Å². The van der Waals surface area contributed by atoms with Gasteiger partial charge >= 0.3 is 0 Å². The fourth-order valence-electron chi connectivity index (χ4n) is 12.9. The molecule has 1 amide bonds. The normalized spacial score (nSPS) is 23.3. The Balaban J connectivity index is 1.58. The molecule has 0 spiro atoms. The van der Waals surface area contributed by atoms with Gasteiger partial charge in [-0.1, -0.05) is 341 Å². The molecule has 14 heteroatoms. The topological polar surface area (TPSA) is 228 Å². The standard InChI is InChI=1S/C72H141NO13/c1-3-5-7-9-11-13-15-17-19-21-22-23-24-25-26-27-28-29-30-31-32-33-34-35-36-37-38-40-42-44-46-48-50-52-54-56-64(77)73-60(61(76)55-53-51-49-47-45-43-41-39-20-18-16-14-12-10-8-6-4-2)59-83-71-69(82)67(80)70(63(58-75)85-71)86-72-68(81)66(79)65(78)62(57-74)84-72/h60-63,65-72,74-76,78-82H,3-59H2,1-2H3,(H,73,77). The van der Waals surface area contributed by atoms with Crippen LogP contribution in [-0.2, 0) is 23.7 Å². The van der Waals surface area contributed by atoms with Crippen LogP contribution in [0.1, 0.15) is 361 Å². The average molecular weight is 1230 g/mol. The second-order valence-electron chi connectivity index (χ2n) is 26.8. The van der Waals surface area contributed by atoms with Gasteiger partial charge in [0.15, 0.2) is 12.6 Å². The number of aliphatic hydroxyl groups is 8. The summed E-state index contributed by atoms with van der Waals surface area (Å²) in [6.45, 7) is 2.93. The van der Waals surface area contributed by atoms with E-state index in [2.05, 4.69) is 19.2 Å². The second-order valence-corrected chi connectivity index (χ2v) is 26.8. The molecule has 0 aromatic carbocycles. The number of carbonyl (C=O) groups excluding carboxylic acids is 1. The number of aliphatic hydroxyl groups excluding tert-OH is 8. The summed E-state index contributed by atoms with van der Waals surface area (Å²) >= 11 is 0. The first-order valence-electron chi connectivity index (χ1n) is 37.3. The third-order valence-corrected chi connectivity index (χ3v) is 18.8. The Labute approximate surface area is 527 Å². The van der Waals surface area contributed by atoms with Crippen LogP contribution in [0.2, 0.25) is 0 Å². The molecule has 0 aromatic rings. The Kier molecular flexibility index (Phi) is 54.5. The third kappa shape index (κ3) is 41.5. The number of unbranched alkanes of at least 4 members (excludes halogenated alkanes) is 50. The monoisotopic (exact) mass is 1230 g/mol. The molecule has 0 aromatic heterocycles. The van der Waals surface area contributed by atoms with Crippen molar-refractivity contribution in [2.45, 2.75) is 434 Å². The number of nitrogens with one attached hydrogen (secondary N) is 1. The van der Waals surface area contributed by atoms with Gasteiger partial charge in [0.25, 0.3) is 0 Å². The maximum absolute atomic E-state index is 13.4. The maximum Gasteiger partial charge on any atom is 0.220 e. The molecular formula is C72H141NO13. The summed E-state index contributed by atoms with van der Waals surface area (Å²) in [6.07, 6.45) is 52.9. The van der Waals surface area contributed by atoms with Crippen LogP contribution in [0.3, 0.4) is 0 Å². The van der Waals surface area contributed by atoms with Crippen LogP contribution in [0.4, 0.5) is 0 Å². The fraction of sp³-hybridized carbons (Fsp3) is 0.986. The van der Waals surface area contributed by atoms with Crippen LogP contribution in [0.15, 0.2) is 0 Å². The van der Waals surface area contributed by atoms with Crippen LogP contribution < -0.4 is 5.32 Å². The molecule has 0 bridgehead atoms. The van der Waals surface area contributed by atoms with Gasteiger partial charge in [0, 0.05) is 6.42 Å². The van der Waals surface area contributed by atoms with Crippen LogP contribution in [0.25, 0.3) is 0 Å². The SMILES string of the molecule is CCCCCCCCCCCCCCCCCCCCCCCCCCCCCCCCCCCCCC(=O)NC(COC1OC(CO)C(OC2OC(CO)C(O)C(O)C2O)C(O)C1O)C(O)CCCCCCCCCCCCCCCCCCC. The highest BCUT2D eigenvalue weighted by Gasteiger charge is 2.51. The van der Waals surface area contributed by atoms with Crippen LogP contribution in [0, 0.1) is 0 Å². The lowest BCUT2D eigenvalue weighted by molar-refractivity contribution is -0.359. The van der Waals surface area contributed by atoms with Gasteiger partial charge in [-0.25, -0.2) is 0 Å². The summed E-state index contributed by atoms with van der Waals surface area (Å²) in [5.41, 5.74) is 0. The maximum atomic E-state index is 13.4. The molecule has 2 heterocycles. The number of rotatable bonds is 63. The van der Waals surface area contributed by atoms with Crippen molar-refractivity contribution in [1.82, 2.24) is 5.32 Å². The quantitative estimate of drug-likeness (QED) is 0.0259. The number of carbonyl (C=O) groups is 1. The molecule has 2 aliphatic heterocycles.